The molecule has 3 N–H and O–H groups in total. The summed E-state index contributed by atoms with van der Waals surface area (Å²) in [6, 6.07) is 8.63. The molecule has 94 valence electrons. The van der Waals surface area contributed by atoms with Crippen molar-refractivity contribution in [1.29, 1.82) is 0 Å². The average molecular weight is 260 g/mol. The number of hydrogen-bond donors (Lipinski definition) is 2. The highest BCUT2D eigenvalue weighted by molar-refractivity contribution is 6.99. The Kier molecular flexibility index (Phi) is 3.36. The molecule has 1 aromatic carbocycles. The third-order valence-electron chi connectivity index (χ3n) is 3.69. The molecule has 0 radical (unpaired) electrons. The van der Waals surface area contributed by atoms with Crippen LogP contribution >= 0.6 is 11.7 Å². The van der Waals surface area contributed by atoms with Crippen LogP contribution in [0.2, 0.25) is 0 Å². The van der Waals surface area contributed by atoms with E-state index in [0.29, 0.717) is 0 Å². The summed E-state index contributed by atoms with van der Waals surface area (Å²) in [5, 5.41) is 0. The van der Waals surface area contributed by atoms with E-state index in [1.165, 1.54) is 36.6 Å². The molecule has 1 heterocycles. The molecule has 1 aromatic heterocycles. The van der Waals surface area contributed by atoms with Gasteiger partial charge in [0, 0.05) is 0 Å². The van der Waals surface area contributed by atoms with Crippen LogP contribution < -0.4 is 11.3 Å². The summed E-state index contributed by atoms with van der Waals surface area (Å²) in [5.74, 6) is 6.39. The summed E-state index contributed by atoms with van der Waals surface area (Å²) < 4.78 is 8.26. The third-order valence-corrected chi connectivity index (χ3v) is 4.18. The van der Waals surface area contributed by atoms with Crippen LogP contribution in [0.15, 0.2) is 30.5 Å². The molecule has 5 heteroatoms. The molecule has 1 atom stereocenters. The highest BCUT2D eigenvalue weighted by atomic mass is 32.1. The molecule has 4 nitrogen and oxygen atoms in total. The molecule has 2 aromatic rings. The number of rotatable bonds is 4. The number of nitrogens with zero attached hydrogens (tertiary/aromatic N) is 2. The molecule has 3 rings (SSSR count). The summed E-state index contributed by atoms with van der Waals surface area (Å²) in [5.41, 5.74) is 6.25. The molecule has 0 bridgehead atoms. The van der Waals surface area contributed by atoms with E-state index >= 15 is 0 Å². The molecule has 18 heavy (non-hydrogen) atoms. The van der Waals surface area contributed by atoms with Gasteiger partial charge < -0.3 is 0 Å². The van der Waals surface area contributed by atoms with Crippen LogP contribution in [0.25, 0.3) is 0 Å². The number of aromatic nitrogens is 2. The van der Waals surface area contributed by atoms with Gasteiger partial charge in [-0.2, -0.15) is 8.75 Å². The van der Waals surface area contributed by atoms with Gasteiger partial charge in [0.25, 0.3) is 0 Å². The average Bonchev–Trinajstić information content (AvgIpc) is 2.84. The minimum Gasteiger partial charge on any atom is -0.271 e. The first-order valence-corrected chi connectivity index (χ1v) is 6.95. The zero-order valence-corrected chi connectivity index (χ0v) is 10.9. The van der Waals surface area contributed by atoms with Crippen molar-refractivity contribution in [2.45, 2.75) is 31.2 Å². The predicted octanol–water partition coefficient (Wildman–Crippen LogP) is 2.36. The van der Waals surface area contributed by atoms with Crippen molar-refractivity contribution >= 4 is 11.7 Å². The number of benzene rings is 1. The van der Waals surface area contributed by atoms with E-state index in [2.05, 4.69) is 38.4 Å². The van der Waals surface area contributed by atoms with Crippen molar-refractivity contribution < 1.29 is 0 Å². The van der Waals surface area contributed by atoms with Gasteiger partial charge in [-0.25, -0.2) is 5.43 Å². The molecule has 0 amide bonds. The molecule has 1 unspecified atom stereocenters. The van der Waals surface area contributed by atoms with Crippen molar-refractivity contribution in [3.05, 3.63) is 47.3 Å². The number of nitrogens with two attached hydrogens (primary N) is 1. The molecular weight excluding hydrogens is 244 g/mol. The van der Waals surface area contributed by atoms with E-state index in [4.69, 9.17) is 5.84 Å². The highest BCUT2D eigenvalue weighted by Gasteiger charge is 2.20. The second-order valence-corrected chi connectivity index (χ2v) is 5.28. The van der Waals surface area contributed by atoms with Crippen LogP contribution in [0.3, 0.4) is 0 Å². The van der Waals surface area contributed by atoms with E-state index < -0.39 is 0 Å². The van der Waals surface area contributed by atoms with E-state index in [1.807, 2.05) is 0 Å². The molecular formula is C13H16N4S. The quantitative estimate of drug-likeness (QED) is 0.654. The van der Waals surface area contributed by atoms with Crippen molar-refractivity contribution in [3.63, 3.8) is 0 Å². The SMILES string of the molecule is NNC(c1ccc(C2CCC2)cc1)c1cnsn1. The van der Waals surface area contributed by atoms with Crippen LogP contribution in [0.1, 0.15) is 48.0 Å². The lowest BCUT2D eigenvalue weighted by Gasteiger charge is -2.26. The molecule has 1 aliphatic carbocycles. The summed E-state index contributed by atoms with van der Waals surface area (Å²) in [4.78, 5) is 0. The Morgan fingerprint density at radius 2 is 2.06 bits per heavy atom. The molecule has 1 fully saturated rings. The van der Waals surface area contributed by atoms with Crippen molar-refractivity contribution in [1.82, 2.24) is 14.2 Å². The standard InChI is InChI=1S/C13H16N4S/c14-16-13(12-8-15-18-17-12)11-6-4-10(5-7-11)9-2-1-3-9/h4-9,13,16H,1-3,14H2. The van der Waals surface area contributed by atoms with Gasteiger partial charge in [-0.05, 0) is 29.9 Å². The second-order valence-electron chi connectivity index (χ2n) is 4.73. The smallest absolute Gasteiger partial charge is 0.0970 e. The predicted molar refractivity (Wildman–Crippen MR) is 72.1 cm³/mol. The summed E-state index contributed by atoms with van der Waals surface area (Å²) in [6.07, 6.45) is 5.78. The molecule has 0 spiro atoms. The zero-order chi connectivity index (χ0) is 12.4. The van der Waals surface area contributed by atoms with Crippen molar-refractivity contribution in [3.8, 4) is 0 Å². The van der Waals surface area contributed by atoms with E-state index in [-0.39, 0.29) is 6.04 Å². The van der Waals surface area contributed by atoms with E-state index in [1.54, 1.807) is 6.20 Å². The Balaban J connectivity index is 1.82. The minimum absolute atomic E-state index is 0.0702. The fourth-order valence-corrected chi connectivity index (χ4v) is 2.80. The first-order chi connectivity index (χ1) is 8.88. The lowest BCUT2D eigenvalue weighted by molar-refractivity contribution is 0.419. The Hall–Kier alpha value is -1.30. The van der Waals surface area contributed by atoms with Crippen LogP contribution in [-0.2, 0) is 0 Å². The summed E-state index contributed by atoms with van der Waals surface area (Å²) in [6.45, 7) is 0. The van der Waals surface area contributed by atoms with Gasteiger partial charge in [0.15, 0.2) is 0 Å². The molecule has 1 aliphatic rings. The highest BCUT2D eigenvalue weighted by Crippen LogP contribution is 2.36. The maximum atomic E-state index is 5.62. The van der Waals surface area contributed by atoms with Gasteiger partial charge in [0.05, 0.1) is 29.7 Å². The van der Waals surface area contributed by atoms with Gasteiger partial charge in [0.2, 0.25) is 0 Å². The van der Waals surface area contributed by atoms with Crippen LogP contribution in [0.5, 0.6) is 0 Å². The van der Waals surface area contributed by atoms with Gasteiger partial charge in [-0.1, -0.05) is 30.7 Å². The number of nitrogens with one attached hydrogen (secondary N) is 1. The van der Waals surface area contributed by atoms with Gasteiger partial charge >= 0.3 is 0 Å². The lowest BCUT2D eigenvalue weighted by Crippen LogP contribution is -2.29. The Morgan fingerprint density at radius 1 is 1.28 bits per heavy atom. The monoisotopic (exact) mass is 260 g/mol. The summed E-state index contributed by atoms with van der Waals surface area (Å²) >= 11 is 1.20. The second kappa shape index (κ2) is 5.14. The lowest BCUT2D eigenvalue weighted by atomic mass is 9.80. The first-order valence-electron chi connectivity index (χ1n) is 6.22. The van der Waals surface area contributed by atoms with E-state index in [9.17, 15) is 0 Å². The molecule has 0 aliphatic heterocycles. The van der Waals surface area contributed by atoms with Gasteiger partial charge in [-0.3, -0.25) is 5.84 Å². The van der Waals surface area contributed by atoms with Crippen LogP contribution in [0, 0.1) is 0 Å². The van der Waals surface area contributed by atoms with Gasteiger partial charge in [-0.15, -0.1) is 0 Å². The third kappa shape index (κ3) is 2.16. The van der Waals surface area contributed by atoms with Crippen LogP contribution in [0.4, 0.5) is 0 Å². The maximum absolute atomic E-state index is 5.62. The van der Waals surface area contributed by atoms with Crippen molar-refractivity contribution in [2.24, 2.45) is 5.84 Å². The topological polar surface area (TPSA) is 63.8 Å². The normalized spacial score (nSPS) is 17.4. The number of hydrogen-bond acceptors (Lipinski definition) is 5. The maximum Gasteiger partial charge on any atom is 0.0970 e. The van der Waals surface area contributed by atoms with Crippen molar-refractivity contribution in [2.75, 3.05) is 0 Å². The zero-order valence-electron chi connectivity index (χ0n) is 10.0. The molecule has 1 saturated carbocycles. The fraction of sp³-hybridized carbons (Fsp3) is 0.385. The fourth-order valence-electron chi connectivity index (χ4n) is 2.35. The van der Waals surface area contributed by atoms with Crippen LogP contribution in [-0.4, -0.2) is 8.75 Å². The Morgan fingerprint density at radius 3 is 2.56 bits per heavy atom. The Bertz CT molecular complexity index is 490. The first kappa shape index (κ1) is 11.8. The summed E-state index contributed by atoms with van der Waals surface area (Å²) in [7, 11) is 0. The number of hydrazine groups is 1. The van der Waals surface area contributed by atoms with E-state index in [0.717, 1.165) is 17.2 Å². The molecule has 0 saturated heterocycles. The largest absolute Gasteiger partial charge is 0.271 e. The minimum atomic E-state index is -0.0702. The Labute approximate surface area is 111 Å². The van der Waals surface area contributed by atoms with Gasteiger partial charge in [0.1, 0.15) is 0 Å².